The van der Waals surface area contributed by atoms with Gasteiger partial charge in [0.05, 0.1) is 20.4 Å². The Morgan fingerprint density at radius 3 is 2.77 bits per heavy atom. The van der Waals surface area contributed by atoms with E-state index in [1.807, 2.05) is 30.3 Å². The topological polar surface area (TPSA) is 84.8 Å². The van der Waals surface area contributed by atoms with E-state index in [9.17, 15) is 4.79 Å². The molecular weight excluding hydrogens is 332 g/mol. The molecule has 0 spiro atoms. The average molecular weight is 356 g/mol. The Labute approximate surface area is 153 Å². The summed E-state index contributed by atoms with van der Waals surface area (Å²) in [4.78, 5) is 15.7. The molecule has 7 nitrogen and oxygen atoms in total. The van der Waals surface area contributed by atoms with Crippen molar-refractivity contribution in [3.63, 3.8) is 0 Å². The number of carbonyl (C=O) groups excluding carboxylic acids is 1. The predicted octanol–water partition coefficient (Wildman–Crippen LogP) is 1.77. The van der Waals surface area contributed by atoms with Crippen LogP contribution in [0.3, 0.4) is 0 Å². The van der Waals surface area contributed by atoms with Crippen LogP contribution in [0.25, 0.3) is 0 Å². The molecule has 1 aromatic heterocycles. The zero-order valence-corrected chi connectivity index (χ0v) is 15.1. The number of methoxy groups -OCH3 is 2. The molecule has 2 rings (SSSR count). The summed E-state index contributed by atoms with van der Waals surface area (Å²) in [6.45, 7) is 1.35. The number of ether oxygens (including phenoxy) is 2. The average Bonchev–Trinajstić information content (AvgIpc) is 2.68. The molecule has 138 valence electrons. The molecule has 1 aromatic carbocycles. The zero-order chi connectivity index (χ0) is 18.6. The normalized spacial score (nSPS) is 10.7. The Morgan fingerprint density at radius 1 is 1.19 bits per heavy atom. The van der Waals surface area contributed by atoms with Gasteiger partial charge in [0.15, 0.2) is 11.5 Å². The molecule has 0 radical (unpaired) electrons. The molecule has 0 fully saturated rings. The third-order valence-electron chi connectivity index (χ3n) is 3.65. The highest BCUT2D eigenvalue weighted by Gasteiger charge is 2.04. The van der Waals surface area contributed by atoms with Crippen LogP contribution in [0.4, 0.5) is 0 Å². The second-order valence-corrected chi connectivity index (χ2v) is 5.52. The fourth-order valence-electron chi connectivity index (χ4n) is 2.28. The fourth-order valence-corrected chi connectivity index (χ4v) is 2.28. The van der Waals surface area contributed by atoms with E-state index in [1.54, 1.807) is 32.8 Å². The van der Waals surface area contributed by atoms with Crippen LogP contribution in [-0.2, 0) is 11.2 Å². The van der Waals surface area contributed by atoms with E-state index >= 15 is 0 Å². The van der Waals surface area contributed by atoms with E-state index in [2.05, 4.69) is 20.8 Å². The molecule has 0 unspecified atom stereocenters. The quantitative estimate of drug-likeness (QED) is 0.385. The van der Waals surface area contributed by atoms with E-state index in [1.165, 1.54) is 0 Å². The maximum atomic E-state index is 11.7. The standard InChI is InChI=1S/C19H24N4O3/c1-25-17-6-5-15(12-18(17)26-2)7-10-20-11-8-19(24)23-22-14-16-4-3-9-21-13-16/h3-6,9,12-14,20H,7-8,10-11H2,1-2H3,(H,23,24). The molecule has 0 bridgehead atoms. The van der Waals surface area contributed by atoms with Gasteiger partial charge < -0.3 is 14.8 Å². The molecule has 2 N–H and O–H groups in total. The number of hydrazone groups is 1. The monoisotopic (exact) mass is 356 g/mol. The smallest absolute Gasteiger partial charge is 0.241 e. The van der Waals surface area contributed by atoms with Gasteiger partial charge in [0.25, 0.3) is 0 Å². The van der Waals surface area contributed by atoms with Crippen LogP contribution in [-0.4, -0.2) is 44.4 Å². The number of rotatable bonds is 10. The number of benzene rings is 1. The lowest BCUT2D eigenvalue weighted by Gasteiger charge is -2.10. The number of hydrogen-bond donors (Lipinski definition) is 2. The molecule has 0 saturated heterocycles. The minimum atomic E-state index is -0.135. The minimum Gasteiger partial charge on any atom is -0.493 e. The first kappa shape index (κ1) is 19.4. The predicted molar refractivity (Wildman–Crippen MR) is 101 cm³/mol. The van der Waals surface area contributed by atoms with Crippen molar-refractivity contribution < 1.29 is 14.3 Å². The van der Waals surface area contributed by atoms with Crippen LogP contribution in [0.5, 0.6) is 11.5 Å². The highest BCUT2D eigenvalue weighted by Crippen LogP contribution is 2.27. The van der Waals surface area contributed by atoms with Crippen molar-refractivity contribution in [3.8, 4) is 11.5 Å². The number of nitrogens with one attached hydrogen (secondary N) is 2. The van der Waals surface area contributed by atoms with Gasteiger partial charge in [-0.2, -0.15) is 5.10 Å². The zero-order valence-electron chi connectivity index (χ0n) is 15.1. The van der Waals surface area contributed by atoms with Crippen LogP contribution >= 0.6 is 0 Å². The van der Waals surface area contributed by atoms with Crippen molar-refractivity contribution in [2.45, 2.75) is 12.8 Å². The van der Waals surface area contributed by atoms with Gasteiger partial charge in [0.2, 0.25) is 5.91 Å². The molecule has 0 saturated carbocycles. The summed E-state index contributed by atoms with van der Waals surface area (Å²) in [7, 11) is 3.24. The number of pyridine rings is 1. The summed E-state index contributed by atoms with van der Waals surface area (Å²) in [5.74, 6) is 1.30. The van der Waals surface area contributed by atoms with Crippen molar-refractivity contribution >= 4 is 12.1 Å². The summed E-state index contributed by atoms with van der Waals surface area (Å²) in [5, 5.41) is 7.15. The molecule has 0 aliphatic heterocycles. The lowest BCUT2D eigenvalue weighted by atomic mass is 10.1. The Bertz CT molecular complexity index is 720. The third-order valence-corrected chi connectivity index (χ3v) is 3.65. The number of aromatic nitrogens is 1. The van der Waals surface area contributed by atoms with Crippen LogP contribution in [0, 0.1) is 0 Å². The van der Waals surface area contributed by atoms with E-state index in [0.29, 0.717) is 18.7 Å². The van der Waals surface area contributed by atoms with E-state index in [4.69, 9.17) is 9.47 Å². The van der Waals surface area contributed by atoms with Crippen molar-refractivity contribution in [2.75, 3.05) is 27.3 Å². The van der Waals surface area contributed by atoms with Gasteiger partial charge in [-0.15, -0.1) is 0 Å². The lowest BCUT2D eigenvalue weighted by Crippen LogP contribution is -2.25. The summed E-state index contributed by atoms with van der Waals surface area (Å²) < 4.78 is 10.5. The van der Waals surface area contributed by atoms with Crippen LogP contribution < -0.4 is 20.2 Å². The second kappa shape index (κ2) is 10.8. The van der Waals surface area contributed by atoms with Gasteiger partial charge in [-0.25, -0.2) is 5.43 Å². The molecule has 0 aliphatic carbocycles. The Hall–Kier alpha value is -2.93. The molecule has 26 heavy (non-hydrogen) atoms. The van der Waals surface area contributed by atoms with E-state index < -0.39 is 0 Å². The number of hydrogen-bond acceptors (Lipinski definition) is 6. The van der Waals surface area contributed by atoms with Gasteiger partial charge >= 0.3 is 0 Å². The fraction of sp³-hybridized carbons (Fsp3) is 0.316. The first-order valence-electron chi connectivity index (χ1n) is 8.36. The van der Waals surface area contributed by atoms with Crippen LogP contribution in [0.1, 0.15) is 17.5 Å². The molecule has 1 heterocycles. The van der Waals surface area contributed by atoms with Crippen molar-refractivity contribution in [2.24, 2.45) is 5.10 Å². The van der Waals surface area contributed by atoms with Crippen molar-refractivity contribution in [3.05, 3.63) is 53.9 Å². The summed E-state index contributed by atoms with van der Waals surface area (Å²) in [6.07, 6.45) is 6.11. The number of carbonyl (C=O) groups is 1. The van der Waals surface area contributed by atoms with Crippen molar-refractivity contribution in [1.82, 2.24) is 15.7 Å². The molecule has 1 amide bonds. The van der Waals surface area contributed by atoms with Gasteiger partial charge in [0.1, 0.15) is 0 Å². The number of amides is 1. The maximum absolute atomic E-state index is 11.7. The molecule has 0 aliphatic rings. The Balaban J connectivity index is 1.63. The highest BCUT2D eigenvalue weighted by atomic mass is 16.5. The highest BCUT2D eigenvalue weighted by molar-refractivity contribution is 5.82. The Morgan fingerprint density at radius 2 is 2.04 bits per heavy atom. The summed E-state index contributed by atoms with van der Waals surface area (Å²) in [6, 6.07) is 9.52. The molecule has 7 heteroatoms. The number of nitrogens with zero attached hydrogens (tertiary/aromatic N) is 2. The molecular formula is C19H24N4O3. The van der Waals surface area contributed by atoms with E-state index in [0.717, 1.165) is 29.8 Å². The first-order chi connectivity index (χ1) is 12.7. The van der Waals surface area contributed by atoms with E-state index in [-0.39, 0.29) is 5.91 Å². The minimum absolute atomic E-state index is 0.135. The van der Waals surface area contributed by atoms with Crippen LogP contribution in [0.15, 0.2) is 47.8 Å². The van der Waals surface area contributed by atoms with Crippen molar-refractivity contribution in [1.29, 1.82) is 0 Å². The van der Waals surface area contributed by atoms with Gasteiger partial charge in [-0.1, -0.05) is 12.1 Å². The third kappa shape index (κ3) is 6.52. The SMILES string of the molecule is COc1ccc(CCNCCC(=O)NN=Cc2cccnc2)cc1OC. The lowest BCUT2D eigenvalue weighted by molar-refractivity contribution is -0.120. The second-order valence-electron chi connectivity index (χ2n) is 5.52. The largest absolute Gasteiger partial charge is 0.493 e. The van der Waals surface area contributed by atoms with Gasteiger partial charge in [0, 0.05) is 30.9 Å². The summed E-state index contributed by atoms with van der Waals surface area (Å²) in [5.41, 5.74) is 4.47. The van der Waals surface area contributed by atoms with Gasteiger partial charge in [-0.3, -0.25) is 9.78 Å². The maximum Gasteiger partial charge on any atom is 0.241 e. The summed E-state index contributed by atoms with van der Waals surface area (Å²) >= 11 is 0. The molecule has 0 atom stereocenters. The van der Waals surface area contributed by atoms with Gasteiger partial charge in [-0.05, 0) is 36.7 Å². The molecule has 2 aromatic rings. The first-order valence-corrected chi connectivity index (χ1v) is 8.36. The Kier molecular flexibility index (Phi) is 8.08. The van der Waals surface area contributed by atoms with Crippen LogP contribution in [0.2, 0.25) is 0 Å².